The molecule has 0 spiro atoms. The number of benzene rings is 1. The number of nitrogen functional groups attached to an aromatic ring is 1. The molecule has 5 nitrogen and oxygen atoms in total. The summed E-state index contributed by atoms with van der Waals surface area (Å²) >= 11 is 0. The predicted octanol–water partition coefficient (Wildman–Crippen LogP) is 3.57. The number of fused-ring (bicyclic) bond motifs is 1. The molecule has 4 rings (SSSR count). The summed E-state index contributed by atoms with van der Waals surface area (Å²) < 4.78 is 28.0. The van der Waals surface area contributed by atoms with Crippen LogP contribution in [0.15, 0.2) is 52.6 Å². The van der Waals surface area contributed by atoms with E-state index in [4.69, 9.17) is 5.73 Å². The second kappa shape index (κ2) is 6.75. The van der Waals surface area contributed by atoms with Gasteiger partial charge in [-0.05, 0) is 37.3 Å². The highest BCUT2D eigenvalue weighted by atomic mass is 19.1. The summed E-state index contributed by atoms with van der Waals surface area (Å²) in [6.45, 7) is 2.28. The third-order valence-corrected chi connectivity index (χ3v) is 4.42. The number of aromatic nitrogens is 2. The zero-order valence-electron chi connectivity index (χ0n) is 14.6. The third-order valence-electron chi connectivity index (χ3n) is 4.42. The van der Waals surface area contributed by atoms with Crippen molar-refractivity contribution in [2.75, 3.05) is 5.73 Å². The minimum Gasteiger partial charge on any atom is -0.384 e. The minimum atomic E-state index is -0.618. The highest BCUT2D eigenvalue weighted by Crippen LogP contribution is 2.23. The van der Waals surface area contributed by atoms with E-state index in [2.05, 4.69) is 20.0 Å². The number of aryl methyl sites for hydroxylation is 1. The van der Waals surface area contributed by atoms with Crippen molar-refractivity contribution in [2.45, 2.75) is 20.0 Å². The van der Waals surface area contributed by atoms with Crippen molar-refractivity contribution in [1.82, 2.24) is 9.97 Å². The van der Waals surface area contributed by atoms with Gasteiger partial charge in [0, 0.05) is 34.3 Å². The number of aliphatic imine (C=N–C) groups is 2. The van der Waals surface area contributed by atoms with Crippen molar-refractivity contribution in [2.24, 2.45) is 9.98 Å². The van der Waals surface area contributed by atoms with Crippen LogP contribution in [0.4, 0.5) is 14.6 Å². The second-order valence-electron chi connectivity index (χ2n) is 6.34. The molecule has 27 heavy (non-hydrogen) atoms. The van der Waals surface area contributed by atoms with Crippen LogP contribution < -0.4 is 5.73 Å². The van der Waals surface area contributed by atoms with E-state index in [0.29, 0.717) is 23.8 Å². The molecule has 1 aromatic carbocycles. The molecule has 0 saturated heterocycles. The van der Waals surface area contributed by atoms with E-state index in [0.717, 1.165) is 22.5 Å². The summed E-state index contributed by atoms with van der Waals surface area (Å²) in [5.41, 5.74) is 10.5. The molecule has 7 heteroatoms. The fraction of sp³-hybridized carbons (Fsp3) is 0.150. The van der Waals surface area contributed by atoms with Crippen LogP contribution in [-0.4, -0.2) is 21.4 Å². The standard InChI is InChI=1S/C20H17F2N5/c1-11-7-13-17(27-11)10-26-19(12-5-6-24-18(23)8-12)20(13)25-9-14-15(21)3-2-4-16(14)22/h2-8,27H,9-10H2,1H3,(H2,23,24). The first-order valence-corrected chi connectivity index (χ1v) is 8.46. The second-order valence-corrected chi connectivity index (χ2v) is 6.34. The first-order chi connectivity index (χ1) is 13.0. The molecule has 0 radical (unpaired) electrons. The zero-order chi connectivity index (χ0) is 19.0. The van der Waals surface area contributed by atoms with Crippen molar-refractivity contribution in [1.29, 1.82) is 0 Å². The molecule has 3 N–H and O–H groups in total. The molecular formula is C20H17F2N5. The van der Waals surface area contributed by atoms with Crippen LogP contribution in [0, 0.1) is 18.6 Å². The number of anilines is 1. The molecule has 0 bridgehead atoms. The lowest BCUT2D eigenvalue weighted by Gasteiger charge is -2.16. The van der Waals surface area contributed by atoms with Gasteiger partial charge in [-0.3, -0.25) is 9.98 Å². The highest BCUT2D eigenvalue weighted by molar-refractivity contribution is 6.54. The quantitative estimate of drug-likeness (QED) is 0.744. The van der Waals surface area contributed by atoms with Gasteiger partial charge in [-0.15, -0.1) is 0 Å². The Morgan fingerprint density at radius 2 is 1.96 bits per heavy atom. The molecule has 0 fully saturated rings. The zero-order valence-corrected chi connectivity index (χ0v) is 14.6. The summed E-state index contributed by atoms with van der Waals surface area (Å²) in [6.07, 6.45) is 1.60. The van der Waals surface area contributed by atoms with Crippen LogP contribution in [0.1, 0.15) is 28.1 Å². The Balaban J connectivity index is 1.81. The Labute approximate surface area is 154 Å². The van der Waals surface area contributed by atoms with Crippen LogP contribution in [-0.2, 0) is 13.1 Å². The first kappa shape index (κ1) is 17.1. The van der Waals surface area contributed by atoms with Gasteiger partial charge < -0.3 is 10.7 Å². The van der Waals surface area contributed by atoms with Gasteiger partial charge in [0.25, 0.3) is 0 Å². The van der Waals surface area contributed by atoms with E-state index in [1.165, 1.54) is 18.2 Å². The molecule has 3 aromatic rings. The summed E-state index contributed by atoms with van der Waals surface area (Å²) in [6, 6.07) is 9.25. The number of nitrogens with two attached hydrogens (primary N) is 1. The lowest BCUT2D eigenvalue weighted by Crippen LogP contribution is -2.23. The number of nitrogens with one attached hydrogen (secondary N) is 1. The van der Waals surface area contributed by atoms with Gasteiger partial charge in [0.05, 0.1) is 24.5 Å². The van der Waals surface area contributed by atoms with Crippen molar-refractivity contribution in [3.05, 3.63) is 82.3 Å². The van der Waals surface area contributed by atoms with Gasteiger partial charge in [-0.25, -0.2) is 13.8 Å². The van der Waals surface area contributed by atoms with Gasteiger partial charge in [0.2, 0.25) is 0 Å². The number of nitrogens with zero attached hydrogens (tertiary/aromatic N) is 3. The van der Waals surface area contributed by atoms with Gasteiger partial charge in [-0.1, -0.05) is 6.07 Å². The van der Waals surface area contributed by atoms with Crippen molar-refractivity contribution in [3.63, 3.8) is 0 Å². The molecule has 1 aliphatic rings. The molecule has 0 unspecified atom stereocenters. The van der Waals surface area contributed by atoms with Crippen molar-refractivity contribution < 1.29 is 8.78 Å². The first-order valence-electron chi connectivity index (χ1n) is 8.46. The molecular weight excluding hydrogens is 348 g/mol. The average molecular weight is 365 g/mol. The summed E-state index contributed by atoms with van der Waals surface area (Å²) in [5.74, 6) is -0.870. The summed E-state index contributed by atoms with van der Waals surface area (Å²) in [4.78, 5) is 16.4. The molecule has 0 saturated carbocycles. The highest BCUT2D eigenvalue weighted by Gasteiger charge is 2.23. The number of H-pyrrole nitrogens is 1. The monoisotopic (exact) mass is 365 g/mol. The molecule has 0 atom stereocenters. The number of rotatable bonds is 3. The van der Waals surface area contributed by atoms with Crippen LogP contribution in [0.25, 0.3) is 0 Å². The van der Waals surface area contributed by atoms with E-state index in [1.807, 2.05) is 13.0 Å². The Hall–Kier alpha value is -3.35. The molecule has 3 heterocycles. The van der Waals surface area contributed by atoms with E-state index in [-0.39, 0.29) is 12.1 Å². The SMILES string of the molecule is Cc1cc2c([nH]1)CN=C(c1ccnc(N)c1)C2=NCc1c(F)cccc1F. The number of pyridine rings is 1. The van der Waals surface area contributed by atoms with E-state index in [1.54, 1.807) is 18.3 Å². The number of aromatic amines is 1. The Kier molecular flexibility index (Phi) is 4.27. The Morgan fingerprint density at radius 1 is 1.19 bits per heavy atom. The maximum Gasteiger partial charge on any atom is 0.131 e. The number of halogens is 2. The maximum absolute atomic E-state index is 14.0. The van der Waals surface area contributed by atoms with Gasteiger partial charge >= 0.3 is 0 Å². The topological polar surface area (TPSA) is 79.4 Å². The van der Waals surface area contributed by atoms with E-state index in [9.17, 15) is 8.78 Å². The fourth-order valence-electron chi connectivity index (χ4n) is 3.17. The summed E-state index contributed by atoms with van der Waals surface area (Å²) in [7, 11) is 0. The van der Waals surface area contributed by atoms with Crippen LogP contribution in [0.3, 0.4) is 0 Å². The van der Waals surface area contributed by atoms with E-state index >= 15 is 0 Å². The number of hydrogen-bond donors (Lipinski definition) is 2. The van der Waals surface area contributed by atoms with Gasteiger partial charge in [0.15, 0.2) is 0 Å². The average Bonchev–Trinajstić information content (AvgIpc) is 3.01. The van der Waals surface area contributed by atoms with Crippen LogP contribution in [0.2, 0.25) is 0 Å². The largest absolute Gasteiger partial charge is 0.384 e. The molecule has 2 aromatic heterocycles. The van der Waals surface area contributed by atoms with Crippen LogP contribution in [0.5, 0.6) is 0 Å². The molecule has 1 aliphatic heterocycles. The van der Waals surface area contributed by atoms with Gasteiger partial charge in [-0.2, -0.15) is 0 Å². The molecule has 0 aliphatic carbocycles. The molecule has 136 valence electrons. The minimum absolute atomic E-state index is 0.0713. The molecule has 0 amide bonds. The van der Waals surface area contributed by atoms with Gasteiger partial charge in [0.1, 0.15) is 17.5 Å². The van der Waals surface area contributed by atoms with E-state index < -0.39 is 11.6 Å². The van der Waals surface area contributed by atoms with Crippen molar-refractivity contribution in [3.8, 4) is 0 Å². The van der Waals surface area contributed by atoms with Crippen LogP contribution >= 0.6 is 0 Å². The predicted molar refractivity (Wildman–Crippen MR) is 101 cm³/mol. The summed E-state index contributed by atoms with van der Waals surface area (Å²) in [5, 5.41) is 0. The lowest BCUT2D eigenvalue weighted by molar-refractivity contribution is 0.557. The fourth-order valence-corrected chi connectivity index (χ4v) is 3.17. The smallest absolute Gasteiger partial charge is 0.131 e. The Bertz CT molecular complexity index is 1060. The third kappa shape index (κ3) is 3.23. The lowest BCUT2D eigenvalue weighted by atomic mass is 9.97. The van der Waals surface area contributed by atoms with Crippen molar-refractivity contribution >= 4 is 17.2 Å². The number of hydrogen-bond acceptors (Lipinski definition) is 4. The normalized spacial score (nSPS) is 14.9. The Morgan fingerprint density at radius 3 is 2.70 bits per heavy atom. The maximum atomic E-state index is 14.0.